The van der Waals surface area contributed by atoms with Gasteiger partial charge in [0, 0.05) is 9.77 Å². The summed E-state index contributed by atoms with van der Waals surface area (Å²) in [4.78, 5) is 3.78. The zero-order chi connectivity index (χ0) is 7.56. The van der Waals surface area contributed by atoms with Crippen LogP contribution in [0.25, 0.3) is 0 Å². The van der Waals surface area contributed by atoms with Crippen LogP contribution in [0.3, 0.4) is 0 Å². The summed E-state index contributed by atoms with van der Waals surface area (Å²) in [5.41, 5.74) is 0.307. The zero-order valence-corrected chi connectivity index (χ0v) is 7.86. The van der Waals surface area contributed by atoms with E-state index in [1.807, 2.05) is 22.6 Å². The Morgan fingerprint density at radius 1 is 1.70 bits per heavy atom. The third-order valence-corrected chi connectivity index (χ3v) is 1.85. The first kappa shape index (κ1) is 8.20. The van der Waals surface area contributed by atoms with Crippen molar-refractivity contribution in [3.8, 4) is 0 Å². The molecule has 0 aliphatic carbocycles. The Balaban J connectivity index is 3.07. The molecule has 0 radical (unpaired) electrons. The molecule has 0 unspecified atom stereocenters. The summed E-state index contributed by atoms with van der Waals surface area (Å²) in [5.74, 6) is -0.204. The van der Waals surface area contributed by atoms with E-state index in [2.05, 4.69) is 4.98 Å². The van der Waals surface area contributed by atoms with E-state index in [0.717, 1.165) is 3.57 Å². The molecule has 0 atom stereocenters. The summed E-state index contributed by atoms with van der Waals surface area (Å²) in [7, 11) is 0. The van der Waals surface area contributed by atoms with Gasteiger partial charge in [0.1, 0.15) is 5.82 Å². The minimum absolute atomic E-state index is 0.128. The Labute approximate surface area is 76.7 Å². The molecule has 0 spiro atoms. The van der Waals surface area contributed by atoms with Gasteiger partial charge in [0.2, 0.25) is 0 Å². The SMILES string of the molecule is Fc1cc(I)cnc1CCl. The van der Waals surface area contributed by atoms with E-state index in [1.165, 1.54) is 6.07 Å². The predicted octanol–water partition coefficient (Wildman–Crippen LogP) is 2.56. The van der Waals surface area contributed by atoms with Crippen LogP contribution < -0.4 is 0 Å². The third-order valence-electron chi connectivity index (χ3n) is 1.01. The van der Waals surface area contributed by atoms with Crippen molar-refractivity contribution in [2.24, 2.45) is 0 Å². The van der Waals surface area contributed by atoms with Crippen molar-refractivity contribution >= 4 is 34.2 Å². The molecule has 4 heteroatoms. The molecule has 1 aromatic heterocycles. The summed E-state index contributed by atoms with van der Waals surface area (Å²) in [6, 6.07) is 1.41. The van der Waals surface area contributed by atoms with Crippen molar-refractivity contribution < 1.29 is 4.39 Å². The van der Waals surface area contributed by atoms with E-state index in [0.29, 0.717) is 5.69 Å². The van der Waals surface area contributed by atoms with Crippen LogP contribution in [-0.2, 0) is 5.88 Å². The molecular weight excluding hydrogens is 267 g/mol. The highest BCUT2D eigenvalue weighted by Gasteiger charge is 2.00. The van der Waals surface area contributed by atoms with Crippen LogP contribution >= 0.6 is 34.2 Å². The summed E-state index contributed by atoms with van der Waals surface area (Å²) in [6.45, 7) is 0. The molecule has 0 fully saturated rings. The monoisotopic (exact) mass is 271 g/mol. The van der Waals surface area contributed by atoms with Gasteiger partial charge in [0.05, 0.1) is 11.6 Å². The second kappa shape index (κ2) is 3.48. The number of halogens is 3. The van der Waals surface area contributed by atoms with Gasteiger partial charge in [-0.05, 0) is 28.7 Å². The molecule has 0 aliphatic rings. The van der Waals surface area contributed by atoms with Gasteiger partial charge in [-0.3, -0.25) is 4.98 Å². The molecule has 0 aromatic carbocycles. The molecule has 0 N–H and O–H groups in total. The van der Waals surface area contributed by atoms with Gasteiger partial charge in [-0.1, -0.05) is 0 Å². The van der Waals surface area contributed by atoms with Crippen molar-refractivity contribution in [2.45, 2.75) is 5.88 Å². The Morgan fingerprint density at radius 3 is 2.90 bits per heavy atom. The maximum absolute atomic E-state index is 12.7. The molecule has 10 heavy (non-hydrogen) atoms. The van der Waals surface area contributed by atoms with E-state index in [4.69, 9.17) is 11.6 Å². The molecule has 0 aliphatic heterocycles. The topological polar surface area (TPSA) is 12.9 Å². The molecular formula is C6H4ClFIN. The Hall–Kier alpha value is 0.1000. The van der Waals surface area contributed by atoms with Gasteiger partial charge < -0.3 is 0 Å². The number of rotatable bonds is 1. The minimum atomic E-state index is -0.332. The lowest BCUT2D eigenvalue weighted by Crippen LogP contribution is -1.91. The lowest BCUT2D eigenvalue weighted by Gasteiger charge is -1.95. The normalized spacial score (nSPS) is 9.90. The van der Waals surface area contributed by atoms with Crippen molar-refractivity contribution in [2.75, 3.05) is 0 Å². The minimum Gasteiger partial charge on any atom is -0.256 e. The molecule has 1 aromatic rings. The Kier molecular flexibility index (Phi) is 2.85. The third kappa shape index (κ3) is 1.79. The second-order valence-electron chi connectivity index (χ2n) is 1.72. The molecule has 1 rings (SSSR count). The lowest BCUT2D eigenvalue weighted by atomic mass is 10.4. The van der Waals surface area contributed by atoms with Gasteiger partial charge in [-0.25, -0.2) is 4.39 Å². The van der Waals surface area contributed by atoms with E-state index in [-0.39, 0.29) is 11.7 Å². The second-order valence-corrected chi connectivity index (χ2v) is 3.23. The number of aromatic nitrogens is 1. The quantitative estimate of drug-likeness (QED) is 0.565. The van der Waals surface area contributed by atoms with Gasteiger partial charge in [0.25, 0.3) is 0 Å². The van der Waals surface area contributed by atoms with E-state index >= 15 is 0 Å². The number of pyridine rings is 1. The average Bonchev–Trinajstić information content (AvgIpc) is 1.88. The van der Waals surface area contributed by atoms with Crippen molar-refractivity contribution in [1.82, 2.24) is 4.98 Å². The van der Waals surface area contributed by atoms with Crippen molar-refractivity contribution in [1.29, 1.82) is 0 Å². The maximum Gasteiger partial charge on any atom is 0.146 e. The summed E-state index contributed by atoms with van der Waals surface area (Å²) in [6.07, 6.45) is 1.58. The van der Waals surface area contributed by atoms with Gasteiger partial charge >= 0.3 is 0 Å². The van der Waals surface area contributed by atoms with E-state index in [9.17, 15) is 4.39 Å². The Morgan fingerprint density at radius 2 is 2.40 bits per heavy atom. The molecule has 54 valence electrons. The summed E-state index contributed by atoms with van der Waals surface area (Å²) < 4.78 is 13.5. The average molecular weight is 271 g/mol. The first-order valence-corrected chi connectivity index (χ1v) is 4.21. The fourth-order valence-electron chi connectivity index (χ4n) is 0.541. The van der Waals surface area contributed by atoms with Crippen LogP contribution in [0, 0.1) is 9.39 Å². The fourth-order valence-corrected chi connectivity index (χ4v) is 1.15. The number of hydrogen-bond donors (Lipinski definition) is 0. The lowest BCUT2D eigenvalue weighted by molar-refractivity contribution is 0.606. The highest BCUT2D eigenvalue weighted by Crippen LogP contribution is 2.10. The maximum atomic E-state index is 12.7. The summed E-state index contributed by atoms with van der Waals surface area (Å²) in [5, 5.41) is 0. The zero-order valence-electron chi connectivity index (χ0n) is 4.94. The van der Waals surface area contributed by atoms with Crippen molar-refractivity contribution in [3.05, 3.63) is 27.3 Å². The first-order chi connectivity index (χ1) is 4.74. The highest BCUT2D eigenvalue weighted by atomic mass is 127. The van der Waals surface area contributed by atoms with Crippen LogP contribution in [0.1, 0.15) is 5.69 Å². The molecule has 0 bridgehead atoms. The van der Waals surface area contributed by atoms with Crippen LogP contribution in [0.2, 0.25) is 0 Å². The van der Waals surface area contributed by atoms with Crippen LogP contribution in [0.4, 0.5) is 4.39 Å². The standard InChI is InChI=1S/C6H4ClFIN/c7-2-6-5(8)1-4(9)3-10-6/h1,3H,2H2. The number of alkyl halides is 1. The van der Waals surface area contributed by atoms with Gasteiger partial charge in [-0.15, -0.1) is 11.6 Å². The number of hydrogen-bond acceptors (Lipinski definition) is 1. The van der Waals surface area contributed by atoms with E-state index < -0.39 is 0 Å². The van der Waals surface area contributed by atoms with Crippen LogP contribution in [-0.4, -0.2) is 4.98 Å². The van der Waals surface area contributed by atoms with E-state index in [1.54, 1.807) is 6.20 Å². The van der Waals surface area contributed by atoms with Gasteiger partial charge in [0.15, 0.2) is 0 Å². The smallest absolute Gasteiger partial charge is 0.146 e. The number of nitrogens with zero attached hydrogens (tertiary/aromatic N) is 1. The first-order valence-electron chi connectivity index (χ1n) is 2.60. The Bertz CT molecular complexity index is 241. The molecule has 0 saturated heterocycles. The van der Waals surface area contributed by atoms with Crippen LogP contribution in [0.5, 0.6) is 0 Å². The molecule has 0 saturated carbocycles. The molecule has 0 amide bonds. The highest BCUT2D eigenvalue weighted by molar-refractivity contribution is 14.1. The largest absolute Gasteiger partial charge is 0.256 e. The summed E-state index contributed by atoms with van der Waals surface area (Å²) >= 11 is 7.37. The van der Waals surface area contributed by atoms with Crippen molar-refractivity contribution in [3.63, 3.8) is 0 Å². The predicted molar refractivity (Wildman–Crippen MR) is 46.5 cm³/mol. The van der Waals surface area contributed by atoms with Crippen LogP contribution in [0.15, 0.2) is 12.3 Å². The van der Waals surface area contributed by atoms with Gasteiger partial charge in [-0.2, -0.15) is 0 Å². The molecule has 1 heterocycles. The molecule has 1 nitrogen and oxygen atoms in total. The fraction of sp³-hybridized carbons (Fsp3) is 0.167.